The quantitative estimate of drug-likeness (QED) is 0.0347. The van der Waals surface area contributed by atoms with Crippen molar-refractivity contribution in [1.82, 2.24) is 0 Å². The van der Waals surface area contributed by atoms with Crippen molar-refractivity contribution < 1.29 is 23.8 Å². The molecule has 0 radical (unpaired) electrons. The van der Waals surface area contributed by atoms with Gasteiger partial charge < -0.3 is 14.2 Å². The highest BCUT2D eigenvalue weighted by Gasteiger charge is 2.17. The standard InChI is InChI=1S/C55H94O5/c1-4-7-10-13-16-19-22-24-26-27-28-29-30-31-34-36-39-42-45-48-54(56)59-52-53(60-55(57)49-46-43-40-37-33-21-18-15-12-9-6-3)51-58-50-47-44-41-38-35-32-25-23-20-17-14-11-8-5-2/h8,11,15-20,24-26,32,38,41,53H,4-7,9-10,12-14,21-23,27-31,33-37,39-40,42-52H2,1-3H3/b11-8-,18-15-,19-16-,20-17-,26-24-,32-25-,41-38-. The van der Waals surface area contributed by atoms with Gasteiger partial charge in [-0.1, -0.05) is 196 Å². The molecule has 0 N–H and O–H groups in total. The SMILES string of the molecule is CC/C=C\C/C=C\C/C=C\C/C=C\CCCOCC(COC(=O)CCCCCCCCCCC/C=C\C/C=C\CCCCC)OC(=O)CCCCCCC/C=C\CCCC. The number of esters is 2. The Morgan fingerprint density at radius 3 is 1.27 bits per heavy atom. The maximum Gasteiger partial charge on any atom is 0.306 e. The topological polar surface area (TPSA) is 61.8 Å². The van der Waals surface area contributed by atoms with Crippen molar-refractivity contribution in [3.63, 3.8) is 0 Å². The van der Waals surface area contributed by atoms with E-state index in [9.17, 15) is 9.59 Å². The van der Waals surface area contributed by atoms with E-state index in [1.807, 2.05) is 0 Å². The van der Waals surface area contributed by atoms with Crippen molar-refractivity contribution in [3.05, 3.63) is 85.1 Å². The number of unbranched alkanes of at least 4 members (excludes halogenated alkanes) is 20. The summed E-state index contributed by atoms with van der Waals surface area (Å²) < 4.78 is 17.3. The number of allylic oxidation sites excluding steroid dienone is 14. The van der Waals surface area contributed by atoms with Gasteiger partial charge in [-0.2, -0.15) is 0 Å². The maximum absolute atomic E-state index is 12.7. The Morgan fingerprint density at radius 2 is 0.767 bits per heavy atom. The van der Waals surface area contributed by atoms with Gasteiger partial charge >= 0.3 is 11.9 Å². The minimum absolute atomic E-state index is 0.0547. The van der Waals surface area contributed by atoms with E-state index in [2.05, 4.69) is 106 Å². The van der Waals surface area contributed by atoms with Crippen molar-refractivity contribution in [2.45, 2.75) is 232 Å². The van der Waals surface area contributed by atoms with Gasteiger partial charge in [0.2, 0.25) is 0 Å². The van der Waals surface area contributed by atoms with Crippen molar-refractivity contribution in [2.24, 2.45) is 0 Å². The maximum atomic E-state index is 12.7. The summed E-state index contributed by atoms with van der Waals surface area (Å²) in [5.41, 5.74) is 0. The first-order valence-electron chi connectivity index (χ1n) is 25.1. The van der Waals surface area contributed by atoms with Crippen LogP contribution in [-0.4, -0.2) is 37.9 Å². The smallest absolute Gasteiger partial charge is 0.306 e. The fourth-order valence-electron chi connectivity index (χ4n) is 6.64. The largest absolute Gasteiger partial charge is 0.462 e. The van der Waals surface area contributed by atoms with E-state index in [1.165, 1.54) is 103 Å². The fraction of sp³-hybridized carbons (Fsp3) is 0.709. The van der Waals surface area contributed by atoms with Crippen LogP contribution in [0.1, 0.15) is 226 Å². The molecular formula is C55H94O5. The van der Waals surface area contributed by atoms with E-state index in [1.54, 1.807) is 0 Å². The summed E-state index contributed by atoms with van der Waals surface area (Å²) in [5, 5.41) is 0. The minimum atomic E-state index is -0.573. The first-order valence-corrected chi connectivity index (χ1v) is 25.1. The Morgan fingerprint density at radius 1 is 0.383 bits per heavy atom. The molecule has 0 rings (SSSR count). The molecule has 60 heavy (non-hydrogen) atoms. The van der Waals surface area contributed by atoms with Crippen molar-refractivity contribution in [3.8, 4) is 0 Å². The summed E-state index contributed by atoms with van der Waals surface area (Å²) in [7, 11) is 0. The van der Waals surface area contributed by atoms with Gasteiger partial charge in [0.15, 0.2) is 6.10 Å². The van der Waals surface area contributed by atoms with Gasteiger partial charge in [0.1, 0.15) is 6.61 Å². The van der Waals surface area contributed by atoms with Gasteiger partial charge in [-0.3, -0.25) is 9.59 Å². The molecule has 0 aromatic rings. The van der Waals surface area contributed by atoms with E-state index in [0.717, 1.165) is 89.9 Å². The van der Waals surface area contributed by atoms with Gasteiger partial charge in [-0.05, 0) is 103 Å². The predicted molar refractivity (Wildman–Crippen MR) is 260 cm³/mol. The third kappa shape index (κ3) is 47.8. The van der Waals surface area contributed by atoms with Crippen LogP contribution in [0.2, 0.25) is 0 Å². The zero-order valence-corrected chi connectivity index (χ0v) is 39.5. The number of carbonyl (C=O) groups is 2. The minimum Gasteiger partial charge on any atom is -0.462 e. The molecule has 5 heteroatoms. The highest BCUT2D eigenvalue weighted by atomic mass is 16.6. The fourth-order valence-corrected chi connectivity index (χ4v) is 6.64. The summed E-state index contributed by atoms with van der Waals surface area (Å²) in [5.74, 6) is -0.445. The van der Waals surface area contributed by atoms with Crippen LogP contribution >= 0.6 is 0 Å². The molecule has 0 bridgehead atoms. The van der Waals surface area contributed by atoms with Crippen molar-refractivity contribution in [2.75, 3.05) is 19.8 Å². The molecule has 0 fully saturated rings. The first-order chi connectivity index (χ1) is 29.6. The van der Waals surface area contributed by atoms with E-state index in [0.29, 0.717) is 19.4 Å². The van der Waals surface area contributed by atoms with E-state index < -0.39 is 6.10 Å². The molecule has 1 atom stereocenters. The lowest BCUT2D eigenvalue weighted by atomic mass is 10.1. The molecule has 0 saturated heterocycles. The lowest BCUT2D eigenvalue weighted by molar-refractivity contribution is -0.163. The lowest BCUT2D eigenvalue weighted by Gasteiger charge is -2.18. The van der Waals surface area contributed by atoms with Crippen LogP contribution in [-0.2, 0) is 23.8 Å². The van der Waals surface area contributed by atoms with Crippen molar-refractivity contribution in [1.29, 1.82) is 0 Å². The molecule has 0 amide bonds. The second-order valence-electron chi connectivity index (χ2n) is 16.3. The highest BCUT2D eigenvalue weighted by molar-refractivity contribution is 5.70. The average molecular weight is 835 g/mol. The monoisotopic (exact) mass is 835 g/mol. The Hall–Kier alpha value is -2.92. The highest BCUT2D eigenvalue weighted by Crippen LogP contribution is 2.14. The van der Waals surface area contributed by atoms with Crippen LogP contribution in [0.4, 0.5) is 0 Å². The number of hydrogen-bond donors (Lipinski definition) is 0. The molecule has 0 aromatic carbocycles. The molecule has 1 unspecified atom stereocenters. The Bertz CT molecular complexity index is 1130. The van der Waals surface area contributed by atoms with Crippen LogP contribution in [0.5, 0.6) is 0 Å². The third-order valence-electron chi connectivity index (χ3n) is 10.4. The van der Waals surface area contributed by atoms with Crippen LogP contribution in [0.25, 0.3) is 0 Å². The molecule has 0 heterocycles. The van der Waals surface area contributed by atoms with Crippen molar-refractivity contribution >= 4 is 11.9 Å². The molecule has 0 aliphatic rings. The molecule has 0 aliphatic carbocycles. The van der Waals surface area contributed by atoms with E-state index >= 15 is 0 Å². The second-order valence-corrected chi connectivity index (χ2v) is 16.3. The molecule has 344 valence electrons. The van der Waals surface area contributed by atoms with Gasteiger partial charge in [0, 0.05) is 19.4 Å². The molecular weight excluding hydrogens is 741 g/mol. The van der Waals surface area contributed by atoms with Crippen LogP contribution in [0, 0.1) is 0 Å². The Kier molecular flexibility index (Phi) is 48.0. The Balaban J connectivity index is 4.30. The Labute approximate surface area is 371 Å². The number of rotatable bonds is 45. The average Bonchev–Trinajstić information content (AvgIpc) is 3.25. The molecule has 0 saturated carbocycles. The number of carbonyl (C=O) groups excluding carboxylic acids is 2. The van der Waals surface area contributed by atoms with E-state index in [4.69, 9.17) is 14.2 Å². The number of ether oxygens (including phenoxy) is 3. The van der Waals surface area contributed by atoms with E-state index in [-0.39, 0.29) is 25.2 Å². The van der Waals surface area contributed by atoms with Gasteiger partial charge in [-0.25, -0.2) is 0 Å². The summed E-state index contributed by atoms with van der Waals surface area (Å²) in [6.07, 6.45) is 66.0. The zero-order chi connectivity index (χ0) is 43.5. The predicted octanol–water partition coefficient (Wildman–Crippen LogP) is 16.9. The first kappa shape index (κ1) is 57.1. The molecule has 5 nitrogen and oxygen atoms in total. The zero-order valence-electron chi connectivity index (χ0n) is 39.5. The third-order valence-corrected chi connectivity index (χ3v) is 10.4. The molecule has 0 spiro atoms. The van der Waals surface area contributed by atoms with Crippen LogP contribution in [0.3, 0.4) is 0 Å². The van der Waals surface area contributed by atoms with Gasteiger partial charge in [0.05, 0.1) is 6.61 Å². The summed E-state index contributed by atoms with van der Waals surface area (Å²) in [6, 6.07) is 0. The lowest BCUT2D eigenvalue weighted by Crippen LogP contribution is -2.30. The summed E-state index contributed by atoms with van der Waals surface area (Å²) in [6.45, 7) is 7.50. The molecule has 0 aromatic heterocycles. The molecule has 0 aliphatic heterocycles. The normalized spacial score (nSPS) is 12.9. The second kappa shape index (κ2) is 50.4. The van der Waals surface area contributed by atoms with Crippen LogP contribution in [0.15, 0.2) is 85.1 Å². The summed E-state index contributed by atoms with van der Waals surface area (Å²) >= 11 is 0. The summed E-state index contributed by atoms with van der Waals surface area (Å²) in [4.78, 5) is 25.3. The number of hydrogen-bond acceptors (Lipinski definition) is 5. The van der Waals surface area contributed by atoms with Gasteiger partial charge in [-0.15, -0.1) is 0 Å². The van der Waals surface area contributed by atoms with Crippen LogP contribution < -0.4 is 0 Å². The van der Waals surface area contributed by atoms with Gasteiger partial charge in [0.25, 0.3) is 0 Å².